The average Bonchev–Trinajstić information content (AvgIpc) is 2.56. The van der Waals surface area contributed by atoms with Gasteiger partial charge in [-0.25, -0.2) is 9.49 Å². The van der Waals surface area contributed by atoms with E-state index in [2.05, 4.69) is 15.5 Å². The monoisotopic (exact) mass is 318 g/mol. The first-order valence-corrected chi connectivity index (χ1v) is 7.42. The van der Waals surface area contributed by atoms with E-state index in [-0.39, 0.29) is 23.6 Å². The number of carbonyl (C=O) groups is 1. The molecule has 122 valence electrons. The maximum Gasteiger partial charge on any atom is 0.271 e. The molecule has 0 bridgehead atoms. The first kappa shape index (κ1) is 16.7. The summed E-state index contributed by atoms with van der Waals surface area (Å²) in [6.07, 6.45) is 0. The van der Waals surface area contributed by atoms with Crippen molar-refractivity contribution in [2.45, 2.75) is 20.4 Å². The van der Waals surface area contributed by atoms with E-state index in [1.165, 1.54) is 18.2 Å². The third-order valence-corrected chi connectivity index (χ3v) is 3.48. The van der Waals surface area contributed by atoms with E-state index in [0.29, 0.717) is 11.3 Å². The normalized spacial score (nSPS) is 10.4. The zero-order chi connectivity index (χ0) is 16.8. The Hall–Kier alpha value is -2.70. The highest BCUT2D eigenvalue weighted by Crippen LogP contribution is 2.20. The lowest BCUT2D eigenvalue weighted by Crippen LogP contribution is -2.26. The fourth-order valence-electron chi connectivity index (χ4n) is 2.22. The Morgan fingerprint density at radius 2 is 2.00 bits per heavy atom. The zero-order valence-electron chi connectivity index (χ0n) is 13.1. The van der Waals surface area contributed by atoms with Crippen LogP contribution in [-0.4, -0.2) is 29.2 Å². The fourth-order valence-corrected chi connectivity index (χ4v) is 2.22. The number of H-pyrrole nitrogens is 1. The van der Waals surface area contributed by atoms with Gasteiger partial charge in [-0.15, -0.1) is 0 Å². The van der Waals surface area contributed by atoms with Crippen molar-refractivity contribution in [3.63, 3.8) is 0 Å². The summed E-state index contributed by atoms with van der Waals surface area (Å²) in [5.74, 6) is -0.753. The average molecular weight is 318 g/mol. The SMILES string of the molecule is CCN(CC)c1ccc(CNC(=O)c2ccc(=O)[nH]n2)cc1F. The molecule has 2 rings (SSSR count). The Bertz CT molecular complexity index is 721. The van der Waals surface area contributed by atoms with Crippen LogP contribution >= 0.6 is 0 Å². The summed E-state index contributed by atoms with van der Waals surface area (Å²) < 4.78 is 14.2. The van der Waals surface area contributed by atoms with Gasteiger partial charge in [-0.2, -0.15) is 5.10 Å². The van der Waals surface area contributed by atoms with Crippen molar-refractivity contribution in [1.29, 1.82) is 0 Å². The maximum absolute atomic E-state index is 14.2. The van der Waals surface area contributed by atoms with Crippen LogP contribution in [0.5, 0.6) is 0 Å². The predicted molar refractivity (Wildman–Crippen MR) is 86.0 cm³/mol. The predicted octanol–water partition coefficient (Wildman–Crippen LogP) is 1.69. The number of nitrogens with one attached hydrogen (secondary N) is 2. The summed E-state index contributed by atoms with van der Waals surface area (Å²) in [5.41, 5.74) is 0.920. The molecule has 0 spiro atoms. The van der Waals surface area contributed by atoms with E-state index in [0.717, 1.165) is 13.1 Å². The number of nitrogens with zero attached hydrogens (tertiary/aromatic N) is 2. The summed E-state index contributed by atoms with van der Waals surface area (Å²) in [6.45, 7) is 5.56. The Balaban J connectivity index is 2.03. The second kappa shape index (κ2) is 7.53. The van der Waals surface area contributed by atoms with E-state index >= 15 is 0 Å². The molecule has 7 heteroatoms. The van der Waals surface area contributed by atoms with Crippen LogP contribution in [0.2, 0.25) is 0 Å². The number of hydrogen-bond acceptors (Lipinski definition) is 4. The molecule has 0 radical (unpaired) electrons. The van der Waals surface area contributed by atoms with Crippen LogP contribution in [0.25, 0.3) is 0 Å². The minimum atomic E-state index is -0.436. The number of halogens is 1. The van der Waals surface area contributed by atoms with Crippen molar-refractivity contribution < 1.29 is 9.18 Å². The van der Waals surface area contributed by atoms with Crippen LogP contribution in [0.4, 0.5) is 10.1 Å². The number of rotatable bonds is 6. The number of aromatic nitrogens is 2. The summed E-state index contributed by atoms with van der Waals surface area (Å²) in [7, 11) is 0. The molecule has 0 fully saturated rings. The molecule has 1 aromatic heterocycles. The minimum Gasteiger partial charge on any atom is -0.370 e. The number of anilines is 1. The van der Waals surface area contributed by atoms with Crippen molar-refractivity contribution >= 4 is 11.6 Å². The van der Waals surface area contributed by atoms with E-state index in [9.17, 15) is 14.0 Å². The molecule has 0 atom stereocenters. The highest BCUT2D eigenvalue weighted by Gasteiger charge is 2.11. The van der Waals surface area contributed by atoms with Gasteiger partial charge in [-0.05, 0) is 37.6 Å². The van der Waals surface area contributed by atoms with Crippen molar-refractivity contribution in [2.75, 3.05) is 18.0 Å². The summed E-state index contributed by atoms with van der Waals surface area (Å²) >= 11 is 0. The largest absolute Gasteiger partial charge is 0.370 e. The van der Waals surface area contributed by atoms with Crippen molar-refractivity contribution in [1.82, 2.24) is 15.5 Å². The first-order valence-electron chi connectivity index (χ1n) is 7.42. The molecule has 0 saturated carbocycles. The molecule has 6 nitrogen and oxygen atoms in total. The summed E-state index contributed by atoms with van der Waals surface area (Å²) in [5, 5.41) is 8.46. The third kappa shape index (κ3) is 4.15. The van der Waals surface area contributed by atoms with Gasteiger partial charge in [-0.1, -0.05) is 6.07 Å². The van der Waals surface area contributed by atoms with Crippen molar-refractivity contribution in [3.05, 3.63) is 57.8 Å². The highest BCUT2D eigenvalue weighted by molar-refractivity contribution is 5.91. The third-order valence-electron chi connectivity index (χ3n) is 3.48. The lowest BCUT2D eigenvalue weighted by molar-refractivity contribution is 0.0944. The summed E-state index contributed by atoms with van der Waals surface area (Å²) in [6, 6.07) is 7.45. The van der Waals surface area contributed by atoms with Gasteiger partial charge in [0.1, 0.15) is 11.5 Å². The second-order valence-electron chi connectivity index (χ2n) is 4.95. The number of aromatic amines is 1. The van der Waals surface area contributed by atoms with Gasteiger partial charge in [0.2, 0.25) is 0 Å². The van der Waals surface area contributed by atoms with Crippen LogP contribution in [0.1, 0.15) is 29.9 Å². The Labute approximate surface area is 133 Å². The number of hydrogen-bond donors (Lipinski definition) is 2. The smallest absolute Gasteiger partial charge is 0.271 e. The van der Waals surface area contributed by atoms with Gasteiger partial charge >= 0.3 is 0 Å². The van der Waals surface area contributed by atoms with E-state index in [4.69, 9.17) is 0 Å². The lowest BCUT2D eigenvalue weighted by Gasteiger charge is -2.21. The molecule has 1 heterocycles. The topological polar surface area (TPSA) is 78.1 Å². The number of carbonyl (C=O) groups excluding carboxylic acids is 1. The van der Waals surface area contributed by atoms with Crippen LogP contribution in [0.15, 0.2) is 35.1 Å². The van der Waals surface area contributed by atoms with Crippen LogP contribution < -0.4 is 15.8 Å². The highest BCUT2D eigenvalue weighted by atomic mass is 19.1. The van der Waals surface area contributed by atoms with Crippen molar-refractivity contribution in [2.24, 2.45) is 0 Å². The molecule has 23 heavy (non-hydrogen) atoms. The second-order valence-corrected chi connectivity index (χ2v) is 4.95. The van der Waals surface area contributed by atoms with Gasteiger partial charge in [0, 0.05) is 25.7 Å². The number of benzene rings is 1. The van der Waals surface area contributed by atoms with Crippen LogP contribution in [0.3, 0.4) is 0 Å². The van der Waals surface area contributed by atoms with Gasteiger partial charge in [0.15, 0.2) is 0 Å². The molecule has 0 aliphatic carbocycles. The molecular formula is C16H19FN4O2. The molecule has 1 aromatic carbocycles. The molecule has 0 aliphatic rings. The quantitative estimate of drug-likeness (QED) is 0.849. The molecule has 2 aromatic rings. The Kier molecular flexibility index (Phi) is 5.46. The van der Waals surface area contributed by atoms with Crippen LogP contribution in [-0.2, 0) is 6.54 Å². The number of amides is 1. The first-order chi connectivity index (χ1) is 11.0. The van der Waals surface area contributed by atoms with E-state index < -0.39 is 5.91 Å². The van der Waals surface area contributed by atoms with E-state index in [1.807, 2.05) is 18.7 Å². The maximum atomic E-state index is 14.2. The van der Waals surface area contributed by atoms with Gasteiger partial charge in [0.05, 0.1) is 5.69 Å². The standard InChI is InChI=1S/C16H19FN4O2/c1-3-21(4-2)14-7-5-11(9-12(14)17)10-18-16(23)13-6-8-15(22)20-19-13/h5-9H,3-4,10H2,1-2H3,(H,18,23)(H,20,22). The molecule has 2 N–H and O–H groups in total. The molecule has 0 saturated heterocycles. The molecular weight excluding hydrogens is 299 g/mol. The Morgan fingerprint density at radius 1 is 1.26 bits per heavy atom. The van der Waals surface area contributed by atoms with Crippen molar-refractivity contribution in [3.8, 4) is 0 Å². The zero-order valence-corrected chi connectivity index (χ0v) is 13.1. The van der Waals surface area contributed by atoms with Gasteiger partial charge in [0.25, 0.3) is 11.5 Å². The van der Waals surface area contributed by atoms with E-state index in [1.54, 1.807) is 12.1 Å². The van der Waals surface area contributed by atoms with Crippen LogP contribution in [0, 0.1) is 5.82 Å². The molecule has 1 amide bonds. The lowest BCUT2D eigenvalue weighted by atomic mass is 10.1. The molecule has 0 aliphatic heterocycles. The van der Waals surface area contributed by atoms with Gasteiger partial charge < -0.3 is 10.2 Å². The molecule has 0 unspecified atom stereocenters. The fraction of sp³-hybridized carbons (Fsp3) is 0.312. The summed E-state index contributed by atoms with van der Waals surface area (Å²) in [4.78, 5) is 24.7. The van der Waals surface area contributed by atoms with Gasteiger partial charge in [-0.3, -0.25) is 9.59 Å². The minimum absolute atomic E-state index is 0.102. The Morgan fingerprint density at radius 3 is 2.57 bits per heavy atom.